The Bertz CT molecular complexity index is 6150. The number of benzene rings is 6. The van der Waals surface area contributed by atoms with Gasteiger partial charge in [0.25, 0.3) is 0 Å². The van der Waals surface area contributed by atoms with Crippen LogP contribution in [-0.2, 0) is 41.8 Å². The van der Waals surface area contributed by atoms with Gasteiger partial charge >= 0.3 is 6.09 Å². The van der Waals surface area contributed by atoms with Gasteiger partial charge in [-0.1, -0.05) is 42.5 Å². The number of nitrogens with two attached hydrogens (primary N) is 1. The number of likely N-dealkylation sites (tertiary alicyclic amines) is 5. The number of hydrogen-bond donors (Lipinski definition) is 7. The number of aryl methyl sites for hydroxylation is 9. The average Bonchev–Trinajstić information content (AvgIpc) is 1.65. The van der Waals surface area contributed by atoms with Gasteiger partial charge in [-0.15, -0.1) is 11.3 Å². The molecule has 5 aliphatic heterocycles. The molecule has 19 nitrogen and oxygen atoms in total. The Kier molecular flexibility index (Phi) is 30.0. The van der Waals surface area contributed by atoms with Crippen LogP contribution in [0.25, 0.3) is 71.6 Å². The first kappa shape index (κ1) is 90.6. The maximum absolute atomic E-state index is 12.9. The number of amides is 1. The fourth-order valence-electron chi connectivity index (χ4n) is 19.9. The molecule has 15 aromatic rings. The summed E-state index contributed by atoms with van der Waals surface area (Å²) >= 11 is 7.03. The molecule has 127 heavy (non-hydrogen) atoms. The zero-order valence-electron chi connectivity index (χ0n) is 75.8. The van der Waals surface area contributed by atoms with E-state index in [1.807, 2.05) is 66.3 Å². The van der Waals surface area contributed by atoms with E-state index < -0.39 is 5.24 Å². The van der Waals surface area contributed by atoms with Crippen molar-refractivity contribution in [3.8, 4) is 17.1 Å². The van der Waals surface area contributed by atoms with Crippen molar-refractivity contribution in [1.82, 2.24) is 63.1 Å². The zero-order chi connectivity index (χ0) is 88.8. The molecule has 5 saturated heterocycles. The topological polar surface area (TPSA) is 220 Å². The van der Waals surface area contributed by atoms with Crippen molar-refractivity contribution in [1.29, 1.82) is 5.41 Å². The summed E-state index contributed by atoms with van der Waals surface area (Å²) in [5.74, 6) is 0.239. The van der Waals surface area contributed by atoms with E-state index in [1.165, 1.54) is 195 Å². The summed E-state index contributed by atoms with van der Waals surface area (Å²) in [5.41, 5.74) is 31.7. The van der Waals surface area contributed by atoms with Gasteiger partial charge in [-0.25, -0.2) is 4.79 Å². The number of rotatable bonds is 22. The largest absolute Gasteiger partial charge is 0.445 e. The molecule has 0 saturated carbocycles. The highest BCUT2D eigenvalue weighted by atomic mass is 35.5. The lowest BCUT2D eigenvalue weighted by Crippen LogP contribution is -2.36. The first-order valence-corrected chi connectivity index (χ1v) is 47.1. The molecule has 21 heteroatoms. The monoisotopic (exact) mass is 1740 g/mol. The van der Waals surface area contributed by atoms with Crippen LogP contribution in [0.3, 0.4) is 0 Å². The average molecular weight is 1740 g/mol. The molecule has 0 spiro atoms. The van der Waals surface area contributed by atoms with Gasteiger partial charge in [-0.3, -0.25) is 9.59 Å². The van der Waals surface area contributed by atoms with E-state index in [0.29, 0.717) is 31.1 Å². The molecule has 5 fully saturated rings. The van der Waals surface area contributed by atoms with Gasteiger partial charge in [0.15, 0.2) is 5.78 Å². The number of anilines is 1. The maximum atomic E-state index is 12.9. The lowest BCUT2D eigenvalue weighted by Gasteiger charge is -2.22. The molecular formula is C106H128ClN15O4S. The molecule has 0 unspecified atom stereocenters. The summed E-state index contributed by atoms with van der Waals surface area (Å²) in [6.07, 6.45) is 30.7. The maximum Gasteiger partial charge on any atom is 0.410 e. The smallest absolute Gasteiger partial charge is 0.410 e. The Morgan fingerprint density at radius 2 is 0.882 bits per heavy atom. The highest BCUT2D eigenvalue weighted by Crippen LogP contribution is 2.34. The minimum absolute atomic E-state index is 0.117. The van der Waals surface area contributed by atoms with Crippen LogP contribution in [0.5, 0.6) is 0 Å². The Morgan fingerprint density at radius 1 is 0.441 bits per heavy atom. The van der Waals surface area contributed by atoms with Crippen molar-refractivity contribution in [3.63, 3.8) is 0 Å². The second-order valence-corrected chi connectivity index (χ2v) is 37.3. The van der Waals surface area contributed by atoms with Crippen LogP contribution >= 0.6 is 22.9 Å². The van der Waals surface area contributed by atoms with Gasteiger partial charge in [0.05, 0.1) is 5.71 Å². The number of nitrogens with zero attached hydrogens (tertiary/aromatic N) is 8. The number of nitrogen functional groups attached to an aromatic ring is 1. The minimum Gasteiger partial charge on any atom is -0.445 e. The molecule has 14 heterocycles. The molecule has 8 N–H and O–H groups in total. The van der Waals surface area contributed by atoms with Crippen molar-refractivity contribution in [2.75, 3.05) is 66.6 Å². The number of thiophene rings is 1. The van der Waals surface area contributed by atoms with Gasteiger partial charge in [-0.05, 0) is 377 Å². The summed E-state index contributed by atoms with van der Waals surface area (Å²) in [6, 6.07) is 63.4. The number of carbonyl (C=O) groups is 3. The van der Waals surface area contributed by atoms with E-state index in [-0.39, 0.29) is 30.9 Å². The first-order chi connectivity index (χ1) is 61.5. The molecule has 0 aliphatic carbocycles. The van der Waals surface area contributed by atoms with E-state index in [0.717, 1.165) is 101 Å². The van der Waals surface area contributed by atoms with E-state index >= 15 is 0 Å². The highest BCUT2D eigenvalue weighted by molar-refractivity contribution is 7.12. The van der Waals surface area contributed by atoms with Gasteiger partial charge in [-0.2, -0.15) is 0 Å². The molecule has 6 aromatic carbocycles. The lowest BCUT2D eigenvalue weighted by atomic mass is 10.00. The normalized spacial score (nSPS) is 17.8. The van der Waals surface area contributed by atoms with Crippen LogP contribution in [0.1, 0.15) is 174 Å². The Morgan fingerprint density at radius 3 is 1.38 bits per heavy atom. The Labute approximate surface area is 757 Å². The lowest BCUT2D eigenvalue weighted by molar-refractivity contribution is -0.112. The summed E-state index contributed by atoms with van der Waals surface area (Å²) in [5, 5.41) is 16.2. The third-order valence-electron chi connectivity index (χ3n) is 27.2. The van der Waals surface area contributed by atoms with Crippen LogP contribution in [-0.4, -0.2) is 177 Å². The number of H-pyrrole nitrogens is 5. The molecule has 664 valence electrons. The van der Waals surface area contributed by atoms with Crippen LogP contribution in [0, 0.1) is 47.0 Å². The molecular weight excluding hydrogens is 1610 g/mol. The SMILES string of the molecule is CN1CCC[C@H]1CCc1c[nH]c2ccc(CC(=N)c3cccs3)cc12.CN1CCC[C@H]1CCc1c[nH]c2ccc(N)cc12.Cc1ccc(C)n1-c1ccc2[nH]cc(C(=O)C[C@@H]3CCCN3C)c2c1.Cc1ccc(C)n1-c1ccc2[nH]cc(CC[C@@H]3CCCN3C)c2c1.Cc1ccc(C)n1-c1ccc2[nH]ccc2c1.O=C(Cl)C[C@@H]1CCCN1C(=O)OCc1ccccc1. The van der Waals surface area contributed by atoms with E-state index in [4.69, 9.17) is 27.5 Å². The number of ketones is 1. The van der Waals surface area contributed by atoms with Crippen LogP contribution in [0.15, 0.2) is 212 Å². The zero-order valence-corrected chi connectivity index (χ0v) is 77.4. The quantitative estimate of drug-likeness (QED) is 0.0148. The van der Waals surface area contributed by atoms with Crippen LogP contribution < -0.4 is 5.73 Å². The van der Waals surface area contributed by atoms with E-state index in [1.54, 1.807) is 16.2 Å². The van der Waals surface area contributed by atoms with Gasteiger partial charge in [0.2, 0.25) is 5.24 Å². The number of aromatic nitrogens is 8. The third kappa shape index (κ3) is 22.3. The van der Waals surface area contributed by atoms with Crippen LogP contribution in [0.2, 0.25) is 0 Å². The van der Waals surface area contributed by atoms with Crippen molar-refractivity contribution in [2.45, 2.75) is 200 Å². The van der Waals surface area contributed by atoms with Crippen molar-refractivity contribution in [3.05, 3.63) is 285 Å². The number of hydrogen-bond acceptors (Lipinski definition) is 11. The van der Waals surface area contributed by atoms with Crippen molar-refractivity contribution < 1.29 is 19.1 Å². The van der Waals surface area contributed by atoms with Gasteiger partial charge in [0, 0.05) is 209 Å². The summed E-state index contributed by atoms with van der Waals surface area (Å²) in [6.45, 7) is 18.6. The molecule has 0 radical (unpaired) electrons. The molecule has 5 atom stereocenters. The fourth-order valence-corrected chi connectivity index (χ4v) is 20.8. The molecule has 9 aromatic heterocycles. The summed E-state index contributed by atoms with van der Waals surface area (Å²) in [7, 11) is 8.88. The predicted octanol–water partition coefficient (Wildman–Crippen LogP) is 23.0. The fraction of sp³-hybridized carbons (Fsp3) is 0.377. The Balaban J connectivity index is 0.000000118. The number of carbonyl (C=O) groups excluding carboxylic acids is 3. The minimum atomic E-state index is -0.409. The predicted molar refractivity (Wildman–Crippen MR) is 526 cm³/mol. The standard InChI is InChI=1S/C21H25N3O.C21H25N3S.C21H27N3.C15H21N3.C14H16ClNO3.C14H14N2/c1-14-6-7-15(2)24(14)17-8-9-20-18(11-17)19(13-22-20)21(25)12-16-5-4-10-23(16)3;1-24-10-2-4-17(24)8-7-16-14-23-20-9-6-15(12-18(16)20)13-19(22)21-5-3-11-25-21;1-15-6-7-16(2)24(15)19-10-11-21-20(13-19)17(14-22-21)8-9-18-5-4-12-23(18)3;1-18-8-2-3-13(18)6-4-11-10-17-15-7-5-12(16)9-14(11)15;15-13(17)9-12-7-4-8-16(12)14(18)19-10-11-5-2-1-3-6-11;1-10-3-4-11(2)16(10)13-5-6-14-12(9-13)7-8-15-14/h6-9,11,13,16,22H,4-5,10,12H2,1-3H3;3,5-6,9,11-12,14,17,22-23H,2,4,7-8,10,13H2,1H3;6-7,10-11,13-14,18,22H,4-5,8-9,12H2,1-3H3;5,7,9-10,13,17H,2-4,6,8,16H2,1H3;1-3,5-6,12H,4,7-10H2;3-9,15H,1-2H3/t16-;17-;18-;13-;12-;/m00000./s1. The van der Waals surface area contributed by atoms with Crippen LogP contribution in [0.4, 0.5) is 10.5 Å². The third-order valence-corrected chi connectivity index (χ3v) is 28.3. The highest BCUT2D eigenvalue weighted by Gasteiger charge is 2.32. The van der Waals surface area contributed by atoms with Crippen molar-refractivity contribution in [2.24, 2.45) is 0 Å². The first-order valence-electron chi connectivity index (χ1n) is 45.8. The molecule has 5 aliphatic rings. The Hall–Kier alpha value is -11.2. The summed E-state index contributed by atoms with van der Waals surface area (Å²) < 4.78 is 12.1. The number of ether oxygens (including phenoxy) is 1. The van der Waals surface area contributed by atoms with Crippen molar-refractivity contribution >= 4 is 106 Å². The number of fused-ring (bicyclic) bond motifs is 5. The number of nitrogens with one attached hydrogen (secondary N) is 6. The second-order valence-electron chi connectivity index (χ2n) is 36.0. The van der Waals surface area contributed by atoms with Gasteiger partial charge < -0.3 is 79.0 Å². The number of halogens is 1. The second kappa shape index (κ2) is 42.1. The molecule has 1 amide bonds. The van der Waals surface area contributed by atoms with E-state index in [9.17, 15) is 14.4 Å². The van der Waals surface area contributed by atoms with Gasteiger partial charge in [0.1, 0.15) is 6.61 Å². The molecule has 0 bridgehead atoms. The molecule has 20 rings (SSSR count). The summed E-state index contributed by atoms with van der Waals surface area (Å²) in [4.78, 5) is 65.0. The van der Waals surface area contributed by atoms with E-state index in [2.05, 4.69) is 274 Å². The number of aromatic amines is 5. The number of Topliss-reactive ketones (excluding diaryl/α,β-unsaturated/α-hetero) is 1.